The molecule has 2 unspecified atom stereocenters. The molecular formula is C17H28N2O. The lowest BCUT2D eigenvalue weighted by molar-refractivity contribution is 0.244. The van der Waals surface area contributed by atoms with E-state index in [0.29, 0.717) is 12.0 Å². The quantitative estimate of drug-likeness (QED) is 0.868. The molecule has 0 aliphatic carbocycles. The molecular weight excluding hydrogens is 248 g/mol. The first kappa shape index (κ1) is 15.3. The number of nitrogens with zero attached hydrogens (tertiary/aromatic N) is 1. The summed E-state index contributed by atoms with van der Waals surface area (Å²) in [7, 11) is 0. The predicted octanol–water partition coefficient (Wildman–Crippen LogP) is 2.70. The number of benzene rings is 1. The lowest BCUT2D eigenvalue weighted by Crippen LogP contribution is -2.35. The maximum Gasteiger partial charge on any atom is 0.0637 e. The monoisotopic (exact) mass is 276 g/mol. The molecule has 0 saturated carbocycles. The maximum atomic E-state index is 9.61. The van der Waals surface area contributed by atoms with Crippen molar-refractivity contribution in [2.24, 2.45) is 5.92 Å². The second-order valence-corrected chi connectivity index (χ2v) is 6.37. The first-order valence-corrected chi connectivity index (χ1v) is 7.73. The van der Waals surface area contributed by atoms with Crippen molar-refractivity contribution >= 4 is 5.69 Å². The van der Waals surface area contributed by atoms with Gasteiger partial charge in [0, 0.05) is 24.8 Å². The lowest BCUT2D eigenvalue weighted by Gasteiger charge is -2.29. The largest absolute Gasteiger partial charge is 0.394 e. The standard InChI is InChI=1S/C17H28N2O/c1-12(2)18-10-15-5-6-16(14(4)9-15)19-8-7-13(3)17(19)11-20/h5-6,9,12-13,17-18,20H,7-8,10-11H2,1-4H3. The Morgan fingerprint density at radius 1 is 1.40 bits per heavy atom. The Balaban J connectivity index is 2.13. The summed E-state index contributed by atoms with van der Waals surface area (Å²) in [5.41, 5.74) is 3.91. The van der Waals surface area contributed by atoms with E-state index < -0.39 is 0 Å². The van der Waals surface area contributed by atoms with Crippen LogP contribution in [0.5, 0.6) is 0 Å². The summed E-state index contributed by atoms with van der Waals surface area (Å²) in [4.78, 5) is 2.37. The summed E-state index contributed by atoms with van der Waals surface area (Å²) in [5.74, 6) is 0.571. The van der Waals surface area contributed by atoms with Crippen LogP contribution in [-0.4, -0.2) is 30.3 Å². The average Bonchev–Trinajstić information content (AvgIpc) is 2.77. The molecule has 3 heteroatoms. The van der Waals surface area contributed by atoms with Gasteiger partial charge in [0.25, 0.3) is 0 Å². The van der Waals surface area contributed by atoms with Gasteiger partial charge in [0.15, 0.2) is 0 Å². The molecule has 1 aliphatic heterocycles. The molecule has 1 aliphatic rings. The summed E-state index contributed by atoms with van der Waals surface area (Å²) in [6, 6.07) is 7.46. The van der Waals surface area contributed by atoms with Crippen LogP contribution < -0.4 is 10.2 Å². The number of anilines is 1. The molecule has 1 aromatic carbocycles. The minimum atomic E-state index is 0.247. The number of aryl methyl sites for hydroxylation is 1. The van der Waals surface area contributed by atoms with Crippen molar-refractivity contribution in [3.05, 3.63) is 29.3 Å². The molecule has 112 valence electrons. The van der Waals surface area contributed by atoms with Gasteiger partial charge in [-0.15, -0.1) is 0 Å². The second kappa shape index (κ2) is 6.59. The summed E-state index contributed by atoms with van der Waals surface area (Å²) < 4.78 is 0. The zero-order chi connectivity index (χ0) is 14.7. The highest BCUT2D eigenvalue weighted by Crippen LogP contribution is 2.32. The highest BCUT2D eigenvalue weighted by molar-refractivity contribution is 5.56. The van der Waals surface area contributed by atoms with Gasteiger partial charge in [0.2, 0.25) is 0 Å². The fourth-order valence-electron chi connectivity index (χ4n) is 3.06. The van der Waals surface area contributed by atoms with E-state index in [0.717, 1.165) is 13.1 Å². The van der Waals surface area contributed by atoms with Crippen molar-refractivity contribution in [1.29, 1.82) is 0 Å². The Bertz CT molecular complexity index is 445. The Morgan fingerprint density at radius 3 is 2.75 bits per heavy atom. The first-order chi connectivity index (χ1) is 9.52. The van der Waals surface area contributed by atoms with Crippen LogP contribution >= 0.6 is 0 Å². The summed E-state index contributed by atoms with van der Waals surface area (Å²) in [6.45, 7) is 11.0. The third-order valence-electron chi connectivity index (χ3n) is 4.35. The number of hydrogen-bond donors (Lipinski definition) is 2. The van der Waals surface area contributed by atoms with Gasteiger partial charge in [0.1, 0.15) is 0 Å². The SMILES string of the molecule is Cc1cc(CNC(C)C)ccc1N1CCC(C)C1CO. The van der Waals surface area contributed by atoms with E-state index in [2.05, 4.69) is 56.1 Å². The number of aliphatic hydroxyl groups excluding tert-OH is 1. The van der Waals surface area contributed by atoms with Crippen LogP contribution in [0.3, 0.4) is 0 Å². The molecule has 1 fully saturated rings. The van der Waals surface area contributed by atoms with Crippen LogP contribution in [0.4, 0.5) is 5.69 Å². The summed E-state index contributed by atoms with van der Waals surface area (Å²) in [5, 5.41) is 13.1. The van der Waals surface area contributed by atoms with Gasteiger partial charge in [-0.05, 0) is 36.5 Å². The molecule has 0 radical (unpaired) electrons. The van der Waals surface area contributed by atoms with Gasteiger partial charge in [0.05, 0.1) is 12.6 Å². The molecule has 1 aromatic rings. The van der Waals surface area contributed by atoms with Crippen molar-refractivity contribution < 1.29 is 5.11 Å². The zero-order valence-corrected chi connectivity index (χ0v) is 13.2. The molecule has 20 heavy (non-hydrogen) atoms. The number of aliphatic hydroxyl groups is 1. The highest BCUT2D eigenvalue weighted by atomic mass is 16.3. The maximum absolute atomic E-state index is 9.61. The molecule has 0 aromatic heterocycles. The van der Waals surface area contributed by atoms with Crippen LogP contribution in [0.25, 0.3) is 0 Å². The van der Waals surface area contributed by atoms with E-state index in [9.17, 15) is 5.11 Å². The Morgan fingerprint density at radius 2 is 2.15 bits per heavy atom. The molecule has 0 bridgehead atoms. The van der Waals surface area contributed by atoms with Crippen molar-refractivity contribution in [2.45, 2.75) is 52.7 Å². The average molecular weight is 276 g/mol. The van der Waals surface area contributed by atoms with Crippen LogP contribution in [0.1, 0.15) is 38.3 Å². The Kier molecular flexibility index (Phi) is 5.06. The molecule has 2 N–H and O–H groups in total. The van der Waals surface area contributed by atoms with E-state index >= 15 is 0 Å². The molecule has 0 amide bonds. The normalized spacial score (nSPS) is 22.8. The lowest BCUT2D eigenvalue weighted by atomic mass is 10.0. The van der Waals surface area contributed by atoms with Gasteiger partial charge >= 0.3 is 0 Å². The van der Waals surface area contributed by atoms with Gasteiger partial charge in [-0.3, -0.25) is 0 Å². The fourth-order valence-corrected chi connectivity index (χ4v) is 3.06. The van der Waals surface area contributed by atoms with E-state index in [1.807, 2.05) is 0 Å². The molecule has 1 saturated heterocycles. The van der Waals surface area contributed by atoms with Crippen molar-refractivity contribution in [3.8, 4) is 0 Å². The first-order valence-electron chi connectivity index (χ1n) is 7.73. The molecule has 3 nitrogen and oxygen atoms in total. The molecule has 1 heterocycles. The third-order valence-corrected chi connectivity index (χ3v) is 4.35. The second-order valence-electron chi connectivity index (χ2n) is 6.37. The van der Waals surface area contributed by atoms with E-state index in [4.69, 9.17) is 0 Å². The number of rotatable bonds is 5. The Labute approximate surface area is 123 Å². The minimum Gasteiger partial charge on any atom is -0.394 e. The minimum absolute atomic E-state index is 0.247. The van der Waals surface area contributed by atoms with Crippen LogP contribution in [0.15, 0.2) is 18.2 Å². The summed E-state index contributed by atoms with van der Waals surface area (Å²) in [6.07, 6.45) is 1.17. The molecule has 2 atom stereocenters. The topological polar surface area (TPSA) is 35.5 Å². The van der Waals surface area contributed by atoms with E-state index in [1.54, 1.807) is 0 Å². The molecule has 0 spiro atoms. The van der Waals surface area contributed by atoms with Gasteiger partial charge in [-0.25, -0.2) is 0 Å². The van der Waals surface area contributed by atoms with Crippen molar-refractivity contribution in [3.63, 3.8) is 0 Å². The van der Waals surface area contributed by atoms with E-state index in [-0.39, 0.29) is 12.6 Å². The van der Waals surface area contributed by atoms with Crippen molar-refractivity contribution in [2.75, 3.05) is 18.1 Å². The number of nitrogens with one attached hydrogen (secondary N) is 1. The van der Waals surface area contributed by atoms with Crippen LogP contribution in [-0.2, 0) is 6.54 Å². The highest BCUT2D eigenvalue weighted by Gasteiger charge is 2.31. The predicted molar refractivity (Wildman–Crippen MR) is 85.2 cm³/mol. The van der Waals surface area contributed by atoms with Crippen LogP contribution in [0, 0.1) is 12.8 Å². The van der Waals surface area contributed by atoms with Crippen molar-refractivity contribution in [1.82, 2.24) is 5.32 Å². The van der Waals surface area contributed by atoms with Gasteiger partial charge < -0.3 is 15.3 Å². The van der Waals surface area contributed by atoms with Gasteiger partial charge in [-0.2, -0.15) is 0 Å². The Hall–Kier alpha value is -1.06. The molecule has 2 rings (SSSR count). The summed E-state index contributed by atoms with van der Waals surface area (Å²) >= 11 is 0. The van der Waals surface area contributed by atoms with E-state index in [1.165, 1.54) is 23.2 Å². The smallest absolute Gasteiger partial charge is 0.0637 e. The zero-order valence-electron chi connectivity index (χ0n) is 13.2. The van der Waals surface area contributed by atoms with Gasteiger partial charge in [-0.1, -0.05) is 32.9 Å². The fraction of sp³-hybridized carbons (Fsp3) is 0.647. The van der Waals surface area contributed by atoms with Crippen LogP contribution in [0.2, 0.25) is 0 Å². The number of hydrogen-bond acceptors (Lipinski definition) is 3. The third kappa shape index (κ3) is 3.33.